The molecule has 0 atom stereocenters. The Hall–Kier alpha value is -1.51. The molecule has 16 heavy (non-hydrogen) atoms. The highest BCUT2D eigenvalue weighted by molar-refractivity contribution is 5.52. The molecule has 0 aromatic carbocycles. The van der Waals surface area contributed by atoms with Crippen LogP contribution in [0.3, 0.4) is 0 Å². The van der Waals surface area contributed by atoms with Gasteiger partial charge >= 0.3 is 0 Å². The molecule has 2 aromatic heterocycles. The molecule has 1 aliphatic carbocycles. The lowest BCUT2D eigenvalue weighted by Crippen LogP contribution is -2.08. The molecular formula is C13H17N3. The Morgan fingerprint density at radius 1 is 1.19 bits per heavy atom. The maximum atomic E-state index is 5.83. The molecule has 3 rings (SSSR count). The van der Waals surface area contributed by atoms with Gasteiger partial charge in [0.15, 0.2) is 0 Å². The van der Waals surface area contributed by atoms with Gasteiger partial charge < -0.3 is 10.1 Å². The molecule has 0 aliphatic heterocycles. The molecule has 0 spiro atoms. The van der Waals surface area contributed by atoms with E-state index in [4.69, 9.17) is 5.73 Å². The van der Waals surface area contributed by atoms with Crippen molar-refractivity contribution in [1.82, 2.24) is 9.38 Å². The monoisotopic (exact) mass is 215 g/mol. The van der Waals surface area contributed by atoms with E-state index in [1.165, 1.54) is 37.9 Å². The lowest BCUT2D eigenvalue weighted by Gasteiger charge is -2.20. The predicted octanol–water partition coefficient (Wildman–Crippen LogP) is 2.96. The van der Waals surface area contributed by atoms with E-state index < -0.39 is 0 Å². The first-order chi connectivity index (χ1) is 7.84. The largest absolute Gasteiger partial charge is 0.398 e. The standard InChI is InChI=1S/C13H17N3/c14-11-6-7-12-8-15-13(16(12)9-11)10-4-2-1-3-5-10/h6-10H,1-5,14H2. The number of rotatable bonds is 1. The van der Waals surface area contributed by atoms with Crippen LogP contribution in [0.5, 0.6) is 0 Å². The lowest BCUT2D eigenvalue weighted by atomic mass is 9.89. The average Bonchev–Trinajstić information content (AvgIpc) is 2.73. The summed E-state index contributed by atoms with van der Waals surface area (Å²) >= 11 is 0. The number of nitrogens with two attached hydrogens (primary N) is 1. The Labute approximate surface area is 95.3 Å². The molecule has 0 unspecified atom stereocenters. The van der Waals surface area contributed by atoms with Gasteiger partial charge in [0, 0.05) is 17.8 Å². The molecule has 0 radical (unpaired) electrons. The van der Waals surface area contributed by atoms with Crippen LogP contribution in [0.25, 0.3) is 5.52 Å². The number of aromatic nitrogens is 2. The van der Waals surface area contributed by atoms with E-state index >= 15 is 0 Å². The van der Waals surface area contributed by atoms with Gasteiger partial charge in [0.1, 0.15) is 5.82 Å². The fourth-order valence-electron chi connectivity index (χ4n) is 2.69. The van der Waals surface area contributed by atoms with Crippen LogP contribution >= 0.6 is 0 Å². The van der Waals surface area contributed by atoms with Gasteiger partial charge in [0.2, 0.25) is 0 Å². The summed E-state index contributed by atoms with van der Waals surface area (Å²) in [5.41, 5.74) is 7.79. The molecule has 0 bridgehead atoms. The molecule has 2 aromatic rings. The third-order valence-electron chi connectivity index (χ3n) is 3.55. The van der Waals surface area contributed by atoms with E-state index in [1.54, 1.807) is 0 Å². The summed E-state index contributed by atoms with van der Waals surface area (Å²) in [6, 6.07) is 3.97. The normalized spacial score (nSPS) is 18.0. The Morgan fingerprint density at radius 2 is 2.00 bits per heavy atom. The number of nitrogens with zero attached hydrogens (tertiary/aromatic N) is 2. The smallest absolute Gasteiger partial charge is 0.116 e. The first kappa shape index (κ1) is 9.70. The SMILES string of the molecule is Nc1ccc2cnc(C3CCCCC3)n2c1. The summed E-state index contributed by atoms with van der Waals surface area (Å²) in [6.45, 7) is 0. The van der Waals surface area contributed by atoms with Crippen LogP contribution < -0.4 is 5.73 Å². The summed E-state index contributed by atoms with van der Waals surface area (Å²) < 4.78 is 2.16. The van der Waals surface area contributed by atoms with Gasteiger partial charge in [-0.05, 0) is 25.0 Å². The number of pyridine rings is 1. The molecule has 0 amide bonds. The molecule has 84 valence electrons. The van der Waals surface area contributed by atoms with Crippen molar-refractivity contribution >= 4 is 11.2 Å². The molecule has 2 N–H and O–H groups in total. The Bertz CT molecular complexity index is 495. The maximum Gasteiger partial charge on any atom is 0.116 e. The van der Waals surface area contributed by atoms with Crippen molar-refractivity contribution in [3.8, 4) is 0 Å². The van der Waals surface area contributed by atoms with E-state index in [0.717, 1.165) is 11.2 Å². The van der Waals surface area contributed by atoms with Crippen molar-refractivity contribution in [2.45, 2.75) is 38.0 Å². The molecule has 1 saturated carbocycles. The number of imidazole rings is 1. The van der Waals surface area contributed by atoms with Crippen molar-refractivity contribution in [3.63, 3.8) is 0 Å². The van der Waals surface area contributed by atoms with Gasteiger partial charge in [-0.2, -0.15) is 0 Å². The van der Waals surface area contributed by atoms with E-state index in [0.29, 0.717) is 5.92 Å². The van der Waals surface area contributed by atoms with Gasteiger partial charge in [-0.3, -0.25) is 0 Å². The Morgan fingerprint density at radius 3 is 2.81 bits per heavy atom. The van der Waals surface area contributed by atoms with Crippen LogP contribution in [0.1, 0.15) is 43.8 Å². The van der Waals surface area contributed by atoms with Crippen LogP contribution in [0, 0.1) is 0 Å². The summed E-state index contributed by atoms with van der Waals surface area (Å²) in [5.74, 6) is 1.82. The summed E-state index contributed by atoms with van der Waals surface area (Å²) in [4.78, 5) is 4.57. The van der Waals surface area contributed by atoms with Crippen LogP contribution in [-0.4, -0.2) is 9.38 Å². The first-order valence-electron chi connectivity index (χ1n) is 6.07. The molecule has 3 nitrogen and oxygen atoms in total. The highest BCUT2D eigenvalue weighted by Gasteiger charge is 2.19. The van der Waals surface area contributed by atoms with Crippen LogP contribution in [0.2, 0.25) is 0 Å². The van der Waals surface area contributed by atoms with Crippen LogP contribution in [-0.2, 0) is 0 Å². The highest BCUT2D eigenvalue weighted by atomic mass is 15.0. The van der Waals surface area contributed by atoms with Crippen molar-refractivity contribution in [2.24, 2.45) is 0 Å². The number of fused-ring (bicyclic) bond motifs is 1. The Kier molecular flexibility index (Phi) is 2.31. The first-order valence-corrected chi connectivity index (χ1v) is 6.07. The fraction of sp³-hybridized carbons (Fsp3) is 0.462. The molecule has 0 saturated heterocycles. The Balaban J connectivity index is 2.05. The summed E-state index contributed by atoms with van der Waals surface area (Å²) in [7, 11) is 0. The second kappa shape index (κ2) is 3.81. The quantitative estimate of drug-likeness (QED) is 0.794. The highest BCUT2D eigenvalue weighted by Crippen LogP contribution is 2.32. The number of anilines is 1. The van der Waals surface area contributed by atoms with E-state index in [9.17, 15) is 0 Å². The minimum atomic E-state index is 0.623. The van der Waals surface area contributed by atoms with Gasteiger partial charge in [-0.15, -0.1) is 0 Å². The fourth-order valence-corrected chi connectivity index (χ4v) is 2.69. The van der Waals surface area contributed by atoms with E-state index in [1.807, 2.05) is 24.5 Å². The minimum absolute atomic E-state index is 0.623. The molecule has 1 fully saturated rings. The zero-order chi connectivity index (χ0) is 11.0. The summed E-state index contributed by atoms with van der Waals surface area (Å²) in [5, 5.41) is 0. The van der Waals surface area contributed by atoms with Gasteiger partial charge in [-0.25, -0.2) is 4.98 Å². The summed E-state index contributed by atoms with van der Waals surface area (Å²) in [6.07, 6.45) is 10.5. The van der Waals surface area contributed by atoms with Crippen molar-refractivity contribution in [3.05, 3.63) is 30.4 Å². The minimum Gasteiger partial charge on any atom is -0.398 e. The third-order valence-corrected chi connectivity index (χ3v) is 3.55. The molecule has 1 aliphatic rings. The topological polar surface area (TPSA) is 43.3 Å². The van der Waals surface area contributed by atoms with Gasteiger partial charge in [-0.1, -0.05) is 19.3 Å². The third kappa shape index (κ3) is 1.56. The van der Waals surface area contributed by atoms with Gasteiger partial charge in [0.05, 0.1) is 11.7 Å². The molecule has 3 heteroatoms. The van der Waals surface area contributed by atoms with Crippen LogP contribution in [0.4, 0.5) is 5.69 Å². The second-order valence-electron chi connectivity index (χ2n) is 4.71. The van der Waals surface area contributed by atoms with E-state index in [2.05, 4.69) is 9.38 Å². The molecular weight excluding hydrogens is 198 g/mol. The van der Waals surface area contributed by atoms with Crippen molar-refractivity contribution < 1.29 is 0 Å². The second-order valence-corrected chi connectivity index (χ2v) is 4.71. The zero-order valence-corrected chi connectivity index (χ0v) is 9.39. The van der Waals surface area contributed by atoms with Crippen LogP contribution in [0.15, 0.2) is 24.5 Å². The number of nitrogen functional groups attached to an aromatic ring is 1. The van der Waals surface area contributed by atoms with Gasteiger partial charge in [0.25, 0.3) is 0 Å². The number of hydrogen-bond acceptors (Lipinski definition) is 2. The number of hydrogen-bond donors (Lipinski definition) is 1. The zero-order valence-electron chi connectivity index (χ0n) is 9.39. The predicted molar refractivity (Wildman–Crippen MR) is 65.4 cm³/mol. The average molecular weight is 215 g/mol. The lowest BCUT2D eigenvalue weighted by molar-refractivity contribution is 0.428. The van der Waals surface area contributed by atoms with Crippen molar-refractivity contribution in [1.29, 1.82) is 0 Å². The van der Waals surface area contributed by atoms with Crippen molar-refractivity contribution in [2.75, 3.05) is 5.73 Å². The van der Waals surface area contributed by atoms with E-state index in [-0.39, 0.29) is 0 Å². The maximum absolute atomic E-state index is 5.83. The molecule has 2 heterocycles.